The number of benzene rings is 1. The molecule has 1 amide bonds. The number of piperazine rings is 1. The van der Waals surface area contributed by atoms with E-state index in [1.165, 1.54) is 0 Å². The molecule has 5 heteroatoms. The summed E-state index contributed by atoms with van der Waals surface area (Å²) >= 11 is 6.03. The van der Waals surface area contributed by atoms with Crippen LogP contribution in [0.15, 0.2) is 24.3 Å². The monoisotopic (exact) mass is 295 g/mol. The van der Waals surface area contributed by atoms with Gasteiger partial charge in [0.05, 0.1) is 6.04 Å². The Labute approximate surface area is 125 Å². The molecule has 2 rings (SSSR count). The molecule has 0 spiro atoms. The molecule has 0 unspecified atom stereocenters. The van der Waals surface area contributed by atoms with Gasteiger partial charge in [-0.2, -0.15) is 0 Å². The van der Waals surface area contributed by atoms with Crippen LogP contribution in [0.3, 0.4) is 0 Å². The van der Waals surface area contributed by atoms with Gasteiger partial charge in [-0.15, -0.1) is 0 Å². The Morgan fingerprint density at radius 2 is 2.05 bits per heavy atom. The third-order valence-electron chi connectivity index (χ3n) is 3.77. The third kappa shape index (κ3) is 3.64. The van der Waals surface area contributed by atoms with Crippen molar-refractivity contribution in [3.05, 3.63) is 29.3 Å². The van der Waals surface area contributed by atoms with Gasteiger partial charge in [0.2, 0.25) is 5.91 Å². The molecule has 1 aliphatic heterocycles. The van der Waals surface area contributed by atoms with Crippen molar-refractivity contribution >= 4 is 23.2 Å². The lowest BCUT2D eigenvalue weighted by Gasteiger charge is -2.38. The Hall–Kier alpha value is -1.26. The molecule has 0 radical (unpaired) electrons. The zero-order valence-corrected chi connectivity index (χ0v) is 12.9. The van der Waals surface area contributed by atoms with Crippen LogP contribution in [0, 0.1) is 0 Å². The smallest absolute Gasteiger partial charge is 0.237 e. The maximum absolute atomic E-state index is 11.9. The Morgan fingerprint density at radius 1 is 1.35 bits per heavy atom. The van der Waals surface area contributed by atoms with E-state index in [-0.39, 0.29) is 11.9 Å². The molecule has 4 nitrogen and oxygen atoms in total. The zero-order valence-electron chi connectivity index (χ0n) is 12.1. The van der Waals surface area contributed by atoms with E-state index in [1.807, 2.05) is 32.0 Å². The van der Waals surface area contributed by atoms with Gasteiger partial charge in [-0.05, 0) is 32.0 Å². The van der Waals surface area contributed by atoms with Gasteiger partial charge in [0.1, 0.15) is 0 Å². The van der Waals surface area contributed by atoms with Crippen molar-refractivity contribution in [2.45, 2.75) is 19.9 Å². The van der Waals surface area contributed by atoms with E-state index in [0.29, 0.717) is 6.54 Å². The number of hydrogen-bond acceptors (Lipinski definition) is 3. The van der Waals surface area contributed by atoms with Gasteiger partial charge in [-0.3, -0.25) is 9.69 Å². The predicted molar refractivity (Wildman–Crippen MR) is 83.4 cm³/mol. The quantitative estimate of drug-likeness (QED) is 0.923. The molecule has 0 aromatic heterocycles. The van der Waals surface area contributed by atoms with Crippen LogP contribution in [-0.2, 0) is 4.79 Å². The third-order valence-corrected chi connectivity index (χ3v) is 4.00. The van der Waals surface area contributed by atoms with Gasteiger partial charge >= 0.3 is 0 Å². The first-order valence-electron chi connectivity index (χ1n) is 7.14. The number of likely N-dealkylation sites (N-methyl/N-ethyl adjacent to an activating group) is 1. The molecule has 0 aliphatic carbocycles. The molecule has 20 heavy (non-hydrogen) atoms. The molecule has 1 saturated heterocycles. The predicted octanol–water partition coefficient (Wildman–Crippen LogP) is 1.99. The van der Waals surface area contributed by atoms with Crippen molar-refractivity contribution in [3.63, 3.8) is 0 Å². The molecule has 0 saturated carbocycles. The largest absolute Gasteiger partial charge is 0.369 e. The average molecular weight is 296 g/mol. The second-order valence-electron chi connectivity index (χ2n) is 5.07. The zero-order chi connectivity index (χ0) is 14.5. The standard InChI is InChI=1S/C15H22ClN3O/c1-3-17-15(20)12(2)18-7-9-19(10-8-18)14-6-4-5-13(16)11-14/h4-6,11-12H,3,7-10H2,1-2H3,(H,17,20)/t12-/m0/s1. The van der Waals surface area contributed by atoms with E-state index in [0.717, 1.165) is 36.9 Å². The first kappa shape index (κ1) is 15.1. The van der Waals surface area contributed by atoms with E-state index < -0.39 is 0 Å². The summed E-state index contributed by atoms with van der Waals surface area (Å²) in [5, 5.41) is 3.65. The summed E-state index contributed by atoms with van der Waals surface area (Å²) in [6, 6.07) is 7.87. The fourth-order valence-corrected chi connectivity index (χ4v) is 2.71. The highest BCUT2D eigenvalue weighted by atomic mass is 35.5. The summed E-state index contributed by atoms with van der Waals surface area (Å²) in [6.07, 6.45) is 0. The number of nitrogens with zero attached hydrogens (tertiary/aromatic N) is 2. The van der Waals surface area contributed by atoms with E-state index in [4.69, 9.17) is 11.6 Å². The van der Waals surface area contributed by atoms with Gasteiger partial charge < -0.3 is 10.2 Å². The summed E-state index contributed by atoms with van der Waals surface area (Å²) in [5.41, 5.74) is 1.16. The fourth-order valence-electron chi connectivity index (χ4n) is 2.53. The van der Waals surface area contributed by atoms with Crippen LogP contribution in [0.25, 0.3) is 0 Å². The van der Waals surface area contributed by atoms with E-state index in [1.54, 1.807) is 0 Å². The van der Waals surface area contributed by atoms with Crippen LogP contribution in [0.4, 0.5) is 5.69 Å². The fraction of sp³-hybridized carbons (Fsp3) is 0.533. The topological polar surface area (TPSA) is 35.6 Å². The number of halogens is 1. The van der Waals surface area contributed by atoms with E-state index in [2.05, 4.69) is 21.2 Å². The van der Waals surface area contributed by atoms with Crippen molar-refractivity contribution in [1.82, 2.24) is 10.2 Å². The maximum atomic E-state index is 11.9. The van der Waals surface area contributed by atoms with Crippen LogP contribution < -0.4 is 10.2 Å². The number of amides is 1. The summed E-state index contributed by atoms with van der Waals surface area (Å²) in [4.78, 5) is 16.4. The number of anilines is 1. The Bertz CT molecular complexity index is 458. The van der Waals surface area contributed by atoms with E-state index >= 15 is 0 Å². The average Bonchev–Trinajstić information content (AvgIpc) is 2.47. The molecule has 110 valence electrons. The minimum absolute atomic E-state index is 0.0588. The summed E-state index contributed by atoms with van der Waals surface area (Å²) in [7, 11) is 0. The molecule has 1 aromatic rings. The van der Waals surface area contributed by atoms with Crippen LogP contribution in [0.5, 0.6) is 0 Å². The van der Waals surface area contributed by atoms with Gasteiger partial charge in [0, 0.05) is 43.4 Å². The van der Waals surface area contributed by atoms with Gasteiger partial charge in [-0.25, -0.2) is 0 Å². The summed E-state index contributed by atoms with van der Waals surface area (Å²) in [5.74, 6) is 0.115. The highest BCUT2D eigenvalue weighted by Crippen LogP contribution is 2.21. The Morgan fingerprint density at radius 3 is 2.65 bits per heavy atom. The van der Waals surface area contributed by atoms with Crippen molar-refractivity contribution in [2.24, 2.45) is 0 Å². The maximum Gasteiger partial charge on any atom is 0.237 e. The number of carbonyl (C=O) groups is 1. The Kier molecular flexibility index (Phi) is 5.26. The van der Waals surface area contributed by atoms with Crippen molar-refractivity contribution in [3.8, 4) is 0 Å². The van der Waals surface area contributed by atoms with Crippen LogP contribution >= 0.6 is 11.6 Å². The number of carbonyl (C=O) groups excluding carboxylic acids is 1. The molecule has 1 atom stereocenters. The first-order chi connectivity index (χ1) is 9.61. The molecule has 1 aromatic carbocycles. The lowest BCUT2D eigenvalue weighted by atomic mass is 10.2. The molecule has 0 bridgehead atoms. The van der Waals surface area contributed by atoms with E-state index in [9.17, 15) is 4.79 Å². The lowest BCUT2D eigenvalue weighted by molar-refractivity contribution is -0.125. The molecule has 1 heterocycles. The molecule has 1 aliphatic rings. The van der Waals surface area contributed by atoms with Gasteiger partial charge in [0.25, 0.3) is 0 Å². The highest BCUT2D eigenvalue weighted by molar-refractivity contribution is 6.30. The summed E-state index contributed by atoms with van der Waals surface area (Å²) in [6.45, 7) is 8.23. The molecular formula is C15H22ClN3O. The number of rotatable bonds is 4. The minimum Gasteiger partial charge on any atom is -0.369 e. The van der Waals surface area contributed by atoms with Crippen molar-refractivity contribution in [1.29, 1.82) is 0 Å². The number of nitrogens with one attached hydrogen (secondary N) is 1. The Balaban J connectivity index is 1.90. The van der Waals surface area contributed by atoms with Crippen LogP contribution in [0.1, 0.15) is 13.8 Å². The molecule has 1 N–H and O–H groups in total. The number of hydrogen-bond donors (Lipinski definition) is 1. The second-order valence-corrected chi connectivity index (χ2v) is 5.51. The first-order valence-corrected chi connectivity index (χ1v) is 7.52. The molecular weight excluding hydrogens is 274 g/mol. The normalized spacial score (nSPS) is 17.9. The molecule has 1 fully saturated rings. The highest BCUT2D eigenvalue weighted by Gasteiger charge is 2.25. The van der Waals surface area contributed by atoms with Crippen molar-refractivity contribution < 1.29 is 4.79 Å². The minimum atomic E-state index is -0.0588. The van der Waals surface area contributed by atoms with Crippen LogP contribution in [0.2, 0.25) is 5.02 Å². The van der Waals surface area contributed by atoms with Gasteiger partial charge in [0.15, 0.2) is 0 Å². The summed E-state index contributed by atoms with van der Waals surface area (Å²) < 4.78 is 0. The van der Waals surface area contributed by atoms with Gasteiger partial charge in [-0.1, -0.05) is 17.7 Å². The lowest BCUT2D eigenvalue weighted by Crippen LogP contribution is -2.54. The van der Waals surface area contributed by atoms with Crippen molar-refractivity contribution in [2.75, 3.05) is 37.6 Å². The van der Waals surface area contributed by atoms with Crippen LogP contribution in [-0.4, -0.2) is 49.6 Å². The SMILES string of the molecule is CCNC(=O)[C@H](C)N1CCN(c2cccc(Cl)c2)CC1. The second kappa shape index (κ2) is 6.95.